The van der Waals surface area contributed by atoms with E-state index in [1.54, 1.807) is 19.3 Å². The lowest BCUT2D eigenvalue weighted by Crippen LogP contribution is -2.14. The molecule has 9 nitrogen and oxygen atoms in total. The molecule has 10 heteroatoms. The first-order chi connectivity index (χ1) is 13.5. The van der Waals surface area contributed by atoms with E-state index in [4.69, 9.17) is 4.74 Å². The number of anilines is 2. The van der Waals surface area contributed by atoms with Gasteiger partial charge in [0.25, 0.3) is 10.0 Å². The van der Waals surface area contributed by atoms with Crippen molar-refractivity contribution in [2.75, 3.05) is 17.1 Å². The highest BCUT2D eigenvalue weighted by atomic mass is 32.2. The van der Waals surface area contributed by atoms with Crippen LogP contribution in [0.5, 0.6) is 5.75 Å². The van der Waals surface area contributed by atoms with Gasteiger partial charge >= 0.3 is 0 Å². The number of benzene rings is 2. The van der Waals surface area contributed by atoms with Crippen LogP contribution in [0.3, 0.4) is 0 Å². The molecule has 0 aliphatic rings. The number of H-pyrrole nitrogens is 1. The van der Waals surface area contributed by atoms with Crippen LogP contribution in [0.2, 0.25) is 0 Å². The van der Waals surface area contributed by atoms with E-state index in [1.807, 2.05) is 18.2 Å². The normalized spacial score (nSPS) is 11.3. The minimum Gasteiger partial charge on any atom is -0.497 e. The summed E-state index contributed by atoms with van der Waals surface area (Å²) in [6.45, 7) is 0. The van der Waals surface area contributed by atoms with E-state index in [1.165, 1.54) is 36.7 Å². The Morgan fingerprint density at radius 2 is 1.96 bits per heavy atom. The number of nitrogens with zero attached hydrogens (tertiary/aromatic N) is 2. The van der Waals surface area contributed by atoms with Crippen LogP contribution in [0.15, 0.2) is 65.8 Å². The lowest BCUT2D eigenvalue weighted by atomic mass is 10.2. The van der Waals surface area contributed by atoms with Gasteiger partial charge in [0.1, 0.15) is 12.1 Å². The Kier molecular flexibility index (Phi) is 5.70. The molecule has 1 heterocycles. The van der Waals surface area contributed by atoms with Crippen molar-refractivity contribution in [3.8, 4) is 5.75 Å². The average molecular weight is 399 g/mol. The molecule has 0 radical (unpaired) electrons. The van der Waals surface area contributed by atoms with E-state index < -0.39 is 10.0 Å². The van der Waals surface area contributed by atoms with Crippen molar-refractivity contribution >= 4 is 33.6 Å². The molecular weight excluding hydrogens is 382 g/mol. The molecule has 0 atom stereocenters. The number of hydrogen-bond acceptors (Lipinski definition) is 6. The third-order valence-electron chi connectivity index (χ3n) is 3.60. The van der Waals surface area contributed by atoms with Crippen LogP contribution >= 0.6 is 0 Å². The number of aromatic amines is 1. The zero-order valence-corrected chi connectivity index (χ0v) is 15.6. The maximum atomic E-state index is 12.2. The first-order valence-electron chi connectivity index (χ1n) is 8.08. The Labute approximate surface area is 161 Å². The standard InChI is InChI=1S/C18H17N5O4S/c1-27-15-4-2-3-13(11-15)5-10-17(24)21-14-6-8-16(9-7-14)28(25,26)23-18-19-12-20-22-18/h2-12H,1H3,(H,21,24)(H2,19,20,22,23)/b10-5+. The van der Waals surface area contributed by atoms with Crippen molar-refractivity contribution in [3.05, 3.63) is 66.5 Å². The van der Waals surface area contributed by atoms with E-state index in [0.29, 0.717) is 11.4 Å². The quantitative estimate of drug-likeness (QED) is 0.523. The number of carbonyl (C=O) groups is 1. The number of hydrogen-bond donors (Lipinski definition) is 3. The van der Waals surface area contributed by atoms with Gasteiger partial charge in [-0.3, -0.25) is 4.79 Å². The minimum absolute atomic E-state index is 0.0139. The van der Waals surface area contributed by atoms with Gasteiger partial charge < -0.3 is 15.0 Å². The highest BCUT2D eigenvalue weighted by molar-refractivity contribution is 7.92. The topological polar surface area (TPSA) is 126 Å². The Morgan fingerprint density at radius 1 is 1.18 bits per heavy atom. The number of carbonyl (C=O) groups excluding carboxylic acids is 1. The van der Waals surface area contributed by atoms with Gasteiger partial charge in [0, 0.05) is 11.8 Å². The second kappa shape index (κ2) is 8.35. The number of aromatic nitrogens is 3. The average Bonchev–Trinajstić information content (AvgIpc) is 3.19. The van der Waals surface area contributed by atoms with Gasteiger partial charge in [-0.25, -0.2) is 13.1 Å². The highest BCUT2D eigenvalue weighted by Gasteiger charge is 2.15. The number of rotatable bonds is 7. The molecular formula is C18H17N5O4S. The minimum atomic E-state index is -3.80. The van der Waals surface area contributed by atoms with Gasteiger partial charge in [-0.1, -0.05) is 12.1 Å². The number of nitrogens with one attached hydrogen (secondary N) is 3. The maximum Gasteiger partial charge on any atom is 0.264 e. The second-order valence-electron chi connectivity index (χ2n) is 5.57. The molecule has 0 aliphatic carbocycles. The fraction of sp³-hybridized carbons (Fsp3) is 0.0556. The SMILES string of the molecule is COc1cccc(/C=C/C(=O)Nc2ccc(S(=O)(=O)Nc3nnc[nH]3)cc2)c1. The number of amides is 1. The number of methoxy groups -OCH3 is 1. The molecule has 3 aromatic rings. The zero-order chi connectivity index (χ0) is 20.0. The summed E-state index contributed by atoms with van der Waals surface area (Å²) in [5.74, 6) is 0.358. The smallest absolute Gasteiger partial charge is 0.264 e. The maximum absolute atomic E-state index is 12.2. The molecule has 3 rings (SSSR count). The van der Waals surface area contributed by atoms with E-state index >= 15 is 0 Å². The summed E-state index contributed by atoms with van der Waals surface area (Å²) in [5.41, 5.74) is 1.27. The summed E-state index contributed by atoms with van der Waals surface area (Å²) in [4.78, 5) is 14.6. The third-order valence-corrected chi connectivity index (χ3v) is 4.96. The third kappa shape index (κ3) is 4.95. The van der Waals surface area contributed by atoms with Crippen molar-refractivity contribution < 1.29 is 17.9 Å². The van der Waals surface area contributed by atoms with Gasteiger partial charge in [-0.2, -0.15) is 0 Å². The molecule has 28 heavy (non-hydrogen) atoms. The molecule has 0 bridgehead atoms. The van der Waals surface area contributed by atoms with E-state index in [-0.39, 0.29) is 16.8 Å². The zero-order valence-electron chi connectivity index (χ0n) is 14.8. The monoisotopic (exact) mass is 399 g/mol. The molecule has 0 fully saturated rings. The van der Waals surface area contributed by atoms with Crippen molar-refractivity contribution in [1.82, 2.24) is 15.2 Å². The largest absolute Gasteiger partial charge is 0.497 e. The van der Waals surface area contributed by atoms with Crippen LogP contribution in [0.4, 0.5) is 11.6 Å². The number of ether oxygens (including phenoxy) is 1. The lowest BCUT2D eigenvalue weighted by Gasteiger charge is -2.07. The molecule has 0 unspecified atom stereocenters. The summed E-state index contributed by atoms with van der Waals surface area (Å²) < 4.78 is 31.9. The van der Waals surface area contributed by atoms with Crippen molar-refractivity contribution in [3.63, 3.8) is 0 Å². The Morgan fingerprint density at radius 3 is 2.64 bits per heavy atom. The molecule has 0 saturated carbocycles. The van der Waals surface area contributed by atoms with Crippen molar-refractivity contribution in [2.24, 2.45) is 0 Å². The lowest BCUT2D eigenvalue weighted by molar-refractivity contribution is -0.111. The summed E-state index contributed by atoms with van der Waals surface area (Å²) in [5, 5.41) is 9.74. The predicted octanol–water partition coefficient (Wildman–Crippen LogP) is 2.27. The molecule has 3 N–H and O–H groups in total. The van der Waals surface area contributed by atoms with Crippen molar-refractivity contribution in [1.29, 1.82) is 0 Å². The van der Waals surface area contributed by atoms with Gasteiger partial charge in [0.2, 0.25) is 11.9 Å². The Balaban J connectivity index is 1.63. The fourth-order valence-corrected chi connectivity index (χ4v) is 3.23. The highest BCUT2D eigenvalue weighted by Crippen LogP contribution is 2.17. The summed E-state index contributed by atoms with van der Waals surface area (Å²) >= 11 is 0. The van der Waals surface area contributed by atoms with Gasteiger partial charge in [-0.15, -0.1) is 10.2 Å². The Bertz CT molecular complexity index is 1080. The van der Waals surface area contributed by atoms with E-state index in [9.17, 15) is 13.2 Å². The molecule has 0 spiro atoms. The molecule has 0 aliphatic heterocycles. The van der Waals surface area contributed by atoms with Gasteiger partial charge in [-0.05, 0) is 48.0 Å². The van der Waals surface area contributed by atoms with Crippen LogP contribution in [-0.4, -0.2) is 36.6 Å². The summed E-state index contributed by atoms with van der Waals surface area (Å²) in [6.07, 6.45) is 4.29. The molecule has 144 valence electrons. The first kappa shape index (κ1) is 19.1. The van der Waals surface area contributed by atoms with Crippen LogP contribution in [0, 0.1) is 0 Å². The summed E-state index contributed by atoms with van der Waals surface area (Å²) in [6, 6.07) is 13.0. The van der Waals surface area contributed by atoms with Crippen LogP contribution < -0.4 is 14.8 Å². The predicted molar refractivity (Wildman–Crippen MR) is 104 cm³/mol. The number of sulfonamides is 1. The van der Waals surface area contributed by atoms with Crippen molar-refractivity contribution in [2.45, 2.75) is 4.90 Å². The van der Waals surface area contributed by atoms with E-state index in [2.05, 4.69) is 25.2 Å². The van der Waals surface area contributed by atoms with Gasteiger partial charge in [0.05, 0.1) is 12.0 Å². The molecule has 1 amide bonds. The van der Waals surface area contributed by atoms with Crippen LogP contribution in [-0.2, 0) is 14.8 Å². The Hall–Kier alpha value is -3.66. The second-order valence-corrected chi connectivity index (χ2v) is 7.25. The molecule has 0 saturated heterocycles. The fourth-order valence-electron chi connectivity index (χ4n) is 2.26. The van der Waals surface area contributed by atoms with Crippen LogP contribution in [0.1, 0.15) is 5.56 Å². The van der Waals surface area contributed by atoms with Gasteiger partial charge in [0.15, 0.2) is 0 Å². The molecule has 2 aromatic carbocycles. The van der Waals surface area contributed by atoms with Crippen LogP contribution in [0.25, 0.3) is 6.08 Å². The summed E-state index contributed by atoms with van der Waals surface area (Å²) in [7, 11) is -2.23. The molecule has 1 aromatic heterocycles. The first-order valence-corrected chi connectivity index (χ1v) is 9.57. The van der Waals surface area contributed by atoms with E-state index in [0.717, 1.165) is 5.56 Å².